The number of rotatable bonds is 3. The standard InChI is InChI=1S/C16H24N4O3/c1-19-14(15(21)17-12-5-3-2-4-6-12)11-13(18-19)16(22)20-7-9-23-10-8-20/h11-12H,2-10H2,1H3,(H,17,21). The monoisotopic (exact) mass is 320 g/mol. The van der Waals surface area contributed by atoms with Gasteiger partial charge in [-0.15, -0.1) is 0 Å². The van der Waals surface area contributed by atoms with Crippen molar-refractivity contribution in [2.75, 3.05) is 26.3 Å². The summed E-state index contributed by atoms with van der Waals surface area (Å²) in [6.07, 6.45) is 5.64. The highest BCUT2D eigenvalue weighted by atomic mass is 16.5. The number of amides is 2. The van der Waals surface area contributed by atoms with Crippen LogP contribution in [0.5, 0.6) is 0 Å². The van der Waals surface area contributed by atoms with Gasteiger partial charge in [-0.25, -0.2) is 0 Å². The molecule has 0 radical (unpaired) electrons. The Bertz CT molecular complexity index is 572. The second-order valence-electron chi connectivity index (χ2n) is 6.25. The fourth-order valence-corrected chi connectivity index (χ4v) is 3.22. The fourth-order valence-electron chi connectivity index (χ4n) is 3.22. The number of hydrogen-bond donors (Lipinski definition) is 1. The lowest BCUT2D eigenvalue weighted by Crippen LogP contribution is -2.40. The van der Waals surface area contributed by atoms with Gasteiger partial charge in [0, 0.05) is 32.2 Å². The highest BCUT2D eigenvalue weighted by molar-refractivity contribution is 5.98. The van der Waals surface area contributed by atoms with Crippen molar-refractivity contribution in [3.8, 4) is 0 Å². The number of ether oxygens (including phenoxy) is 1. The van der Waals surface area contributed by atoms with E-state index in [0.717, 1.165) is 25.7 Å². The summed E-state index contributed by atoms with van der Waals surface area (Å²) < 4.78 is 6.75. The molecule has 3 rings (SSSR count). The van der Waals surface area contributed by atoms with Gasteiger partial charge in [-0.1, -0.05) is 19.3 Å². The molecule has 1 aromatic rings. The van der Waals surface area contributed by atoms with Gasteiger partial charge < -0.3 is 15.0 Å². The lowest BCUT2D eigenvalue weighted by molar-refractivity contribution is 0.0298. The number of aromatic nitrogens is 2. The average molecular weight is 320 g/mol. The minimum Gasteiger partial charge on any atom is -0.378 e. The third-order valence-electron chi connectivity index (χ3n) is 4.57. The minimum absolute atomic E-state index is 0.138. The predicted molar refractivity (Wildman–Crippen MR) is 84.3 cm³/mol. The fraction of sp³-hybridized carbons (Fsp3) is 0.688. The van der Waals surface area contributed by atoms with Gasteiger partial charge in [0.1, 0.15) is 5.69 Å². The molecular formula is C16H24N4O3. The normalized spacial score (nSPS) is 19.6. The molecular weight excluding hydrogens is 296 g/mol. The average Bonchev–Trinajstić information content (AvgIpc) is 2.98. The Hall–Kier alpha value is -1.89. The molecule has 126 valence electrons. The first-order valence-electron chi connectivity index (χ1n) is 8.37. The number of nitrogens with one attached hydrogen (secondary N) is 1. The molecule has 2 aliphatic rings. The Morgan fingerprint density at radius 3 is 2.61 bits per heavy atom. The zero-order valence-electron chi connectivity index (χ0n) is 13.6. The maximum absolute atomic E-state index is 12.4. The van der Waals surface area contributed by atoms with Crippen molar-refractivity contribution in [2.24, 2.45) is 7.05 Å². The largest absolute Gasteiger partial charge is 0.378 e. The Kier molecular flexibility index (Phi) is 4.95. The molecule has 1 saturated heterocycles. The molecule has 2 fully saturated rings. The van der Waals surface area contributed by atoms with Crippen LogP contribution < -0.4 is 5.32 Å². The summed E-state index contributed by atoms with van der Waals surface area (Å²) in [5.74, 6) is -0.284. The minimum atomic E-state index is -0.145. The third-order valence-corrected chi connectivity index (χ3v) is 4.57. The van der Waals surface area contributed by atoms with Gasteiger partial charge >= 0.3 is 0 Å². The van der Waals surface area contributed by atoms with Crippen LogP contribution in [0, 0.1) is 0 Å². The van der Waals surface area contributed by atoms with Crippen LogP contribution in [0.15, 0.2) is 6.07 Å². The predicted octanol–water partition coefficient (Wildman–Crippen LogP) is 0.955. The van der Waals surface area contributed by atoms with E-state index in [1.165, 1.54) is 11.1 Å². The van der Waals surface area contributed by atoms with E-state index in [2.05, 4.69) is 10.4 Å². The van der Waals surface area contributed by atoms with E-state index in [1.807, 2.05) is 0 Å². The second kappa shape index (κ2) is 7.12. The summed E-state index contributed by atoms with van der Waals surface area (Å²) >= 11 is 0. The van der Waals surface area contributed by atoms with E-state index in [4.69, 9.17) is 4.74 Å². The molecule has 1 N–H and O–H groups in total. The molecule has 7 heteroatoms. The van der Waals surface area contributed by atoms with E-state index in [0.29, 0.717) is 37.7 Å². The molecule has 1 aromatic heterocycles. The van der Waals surface area contributed by atoms with Crippen LogP contribution in [0.3, 0.4) is 0 Å². The lowest BCUT2D eigenvalue weighted by Gasteiger charge is -2.25. The SMILES string of the molecule is Cn1nc(C(=O)N2CCOCC2)cc1C(=O)NC1CCCCC1. The van der Waals surface area contributed by atoms with Gasteiger partial charge in [0.05, 0.1) is 13.2 Å². The quantitative estimate of drug-likeness (QED) is 0.900. The van der Waals surface area contributed by atoms with Crippen LogP contribution in [0.2, 0.25) is 0 Å². The first-order valence-corrected chi connectivity index (χ1v) is 8.37. The Morgan fingerprint density at radius 1 is 1.22 bits per heavy atom. The molecule has 2 heterocycles. The van der Waals surface area contributed by atoms with Crippen LogP contribution >= 0.6 is 0 Å². The number of aryl methyl sites for hydroxylation is 1. The van der Waals surface area contributed by atoms with Crippen LogP contribution in [0.4, 0.5) is 0 Å². The second-order valence-corrected chi connectivity index (χ2v) is 6.25. The summed E-state index contributed by atoms with van der Waals surface area (Å²) in [7, 11) is 1.70. The van der Waals surface area contributed by atoms with Crippen molar-refractivity contribution >= 4 is 11.8 Å². The number of morpholine rings is 1. The van der Waals surface area contributed by atoms with Gasteiger partial charge in [0.15, 0.2) is 5.69 Å². The molecule has 0 aromatic carbocycles. The molecule has 1 aliphatic heterocycles. The summed E-state index contributed by atoms with van der Waals surface area (Å²) in [6.45, 7) is 2.24. The van der Waals surface area contributed by atoms with Crippen molar-refractivity contribution in [1.82, 2.24) is 20.0 Å². The molecule has 23 heavy (non-hydrogen) atoms. The van der Waals surface area contributed by atoms with Crippen LogP contribution in [0.1, 0.15) is 53.1 Å². The highest BCUT2D eigenvalue weighted by Crippen LogP contribution is 2.18. The highest BCUT2D eigenvalue weighted by Gasteiger charge is 2.24. The van der Waals surface area contributed by atoms with Crippen LogP contribution in [-0.2, 0) is 11.8 Å². The molecule has 7 nitrogen and oxygen atoms in total. The molecule has 0 unspecified atom stereocenters. The molecule has 0 bridgehead atoms. The molecule has 0 atom stereocenters. The Labute approximate surface area is 136 Å². The summed E-state index contributed by atoms with van der Waals surface area (Å²) in [5.41, 5.74) is 0.760. The van der Waals surface area contributed by atoms with Gasteiger partial charge in [-0.3, -0.25) is 14.3 Å². The number of carbonyl (C=O) groups excluding carboxylic acids is 2. The van der Waals surface area contributed by atoms with Crippen molar-refractivity contribution in [3.63, 3.8) is 0 Å². The third kappa shape index (κ3) is 3.72. The summed E-state index contributed by atoms with van der Waals surface area (Å²) in [5, 5.41) is 7.29. The zero-order valence-corrected chi connectivity index (χ0v) is 13.6. The van der Waals surface area contributed by atoms with Crippen LogP contribution in [-0.4, -0.2) is 58.8 Å². The Morgan fingerprint density at radius 2 is 1.91 bits per heavy atom. The van der Waals surface area contributed by atoms with Crippen molar-refractivity contribution in [3.05, 3.63) is 17.5 Å². The van der Waals surface area contributed by atoms with Crippen molar-refractivity contribution < 1.29 is 14.3 Å². The van der Waals surface area contributed by atoms with Gasteiger partial charge in [-0.05, 0) is 12.8 Å². The molecule has 0 spiro atoms. The van der Waals surface area contributed by atoms with E-state index >= 15 is 0 Å². The van der Waals surface area contributed by atoms with Crippen molar-refractivity contribution in [1.29, 1.82) is 0 Å². The van der Waals surface area contributed by atoms with E-state index in [1.54, 1.807) is 18.0 Å². The van der Waals surface area contributed by atoms with E-state index in [9.17, 15) is 9.59 Å². The van der Waals surface area contributed by atoms with E-state index in [-0.39, 0.29) is 17.9 Å². The maximum atomic E-state index is 12.4. The molecule has 2 amide bonds. The number of nitrogens with zero attached hydrogens (tertiary/aromatic N) is 3. The van der Waals surface area contributed by atoms with Gasteiger partial charge in [0.2, 0.25) is 0 Å². The van der Waals surface area contributed by atoms with Gasteiger partial charge in [-0.2, -0.15) is 5.10 Å². The first-order chi connectivity index (χ1) is 11.1. The topological polar surface area (TPSA) is 76.5 Å². The number of hydrogen-bond acceptors (Lipinski definition) is 4. The lowest BCUT2D eigenvalue weighted by atomic mass is 9.95. The molecule has 1 aliphatic carbocycles. The number of carbonyl (C=O) groups is 2. The molecule has 1 saturated carbocycles. The first kappa shape index (κ1) is 16.0. The van der Waals surface area contributed by atoms with Gasteiger partial charge in [0.25, 0.3) is 11.8 Å². The van der Waals surface area contributed by atoms with Crippen molar-refractivity contribution in [2.45, 2.75) is 38.1 Å². The van der Waals surface area contributed by atoms with E-state index < -0.39 is 0 Å². The maximum Gasteiger partial charge on any atom is 0.274 e. The summed E-state index contributed by atoms with van der Waals surface area (Å²) in [6, 6.07) is 1.83. The zero-order chi connectivity index (χ0) is 16.2. The Balaban J connectivity index is 1.67. The van der Waals surface area contributed by atoms with Crippen LogP contribution in [0.25, 0.3) is 0 Å². The summed E-state index contributed by atoms with van der Waals surface area (Å²) in [4.78, 5) is 26.6. The smallest absolute Gasteiger partial charge is 0.274 e.